The Bertz CT molecular complexity index is 217. The first-order valence-corrected chi connectivity index (χ1v) is 2.49. The molecule has 0 unspecified atom stereocenters. The van der Waals surface area contributed by atoms with Crippen molar-refractivity contribution in [2.45, 2.75) is 0 Å². The van der Waals surface area contributed by atoms with Crippen molar-refractivity contribution in [3.8, 4) is 6.07 Å². The summed E-state index contributed by atoms with van der Waals surface area (Å²) in [7, 11) is 0. The average Bonchev–Trinajstić information content (AvgIpc) is 2.13. The van der Waals surface area contributed by atoms with Crippen LogP contribution in [0.2, 0.25) is 0 Å². The van der Waals surface area contributed by atoms with Crippen LogP contribution in [0.4, 0.5) is 0 Å². The van der Waals surface area contributed by atoms with Gasteiger partial charge in [-0.25, -0.2) is 0 Å². The highest BCUT2D eigenvalue weighted by Crippen LogP contribution is 1.89. The number of nitriles is 1. The number of rotatable bonds is 0. The molecular formula is C6H5N3. The molecule has 3 nitrogen and oxygen atoms in total. The van der Waals surface area contributed by atoms with E-state index >= 15 is 0 Å². The van der Waals surface area contributed by atoms with Crippen LogP contribution in [-0.2, 0) is 0 Å². The van der Waals surface area contributed by atoms with E-state index in [1.807, 2.05) is 6.07 Å². The smallest absolute Gasteiger partial charge is 0.133 e. The first-order valence-electron chi connectivity index (χ1n) is 2.49. The predicted molar refractivity (Wildman–Crippen MR) is 34.5 cm³/mol. The van der Waals surface area contributed by atoms with Crippen molar-refractivity contribution in [2.24, 2.45) is 5.10 Å². The summed E-state index contributed by atoms with van der Waals surface area (Å²) in [6, 6.07) is 1.93. The second-order valence-electron chi connectivity index (χ2n) is 1.47. The molecule has 0 saturated carbocycles. The lowest BCUT2D eigenvalue weighted by Gasteiger charge is -1.89. The summed E-state index contributed by atoms with van der Waals surface area (Å²) >= 11 is 0. The molecule has 0 fully saturated rings. The van der Waals surface area contributed by atoms with E-state index in [2.05, 4.69) is 10.5 Å². The fraction of sp³-hybridized carbons (Fsp3) is 0. The molecule has 0 amide bonds. The summed E-state index contributed by atoms with van der Waals surface area (Å²) in [5, 5.41) is 12.0. The standard InChI is InChI=1S/C6H5N3/c7-5-6-3-1-2-4-8-9-6/h1-4,9H. The van der Waals surface area contributed by atoms with Gasteiger partial charge < -0.3 is 0 Å². The second-order valence-corrected chi connectivity index (χ2v) is 1.47. The van der Waals surface area contributed by atoms with Crippen LogP contribution in [0.1, 0.15) is 0 Å². The van der Waals surface area contributed by atoms with Crippen LogP contribution in [0.15, 0.2) is 29.0 Å². The van der Waals surface area contributed by atoms with Crippen molar-refractivity contribution in [1.29, 1.82) is 5.26 Å². The zero-order chi connectivity index (χ0) is 6.53. The highest BCUT2D eigenvalue weighted by atomic mass is 15.3. The maximum atomic E-state index is 8.33. The maximum absolute atomic E-state index is 8.33. The molecule has 0 aromatic carbocycles. The van der Waals surface area contributed by atoms with Crippen LogP contribution >= 0.6 is 0 Å². The van der Waals surface area contributed by atoms with Gasteiger partial charge in [0.1, 0.15) is 11.8 Å². The fourth-order valence-corrected chi connectivity index (χ4v) is 0.451. The minimum atomic E-state index is 0.458. The summed E-state index contributed by atoms with van der Waals surface area (Å²) in [6.07, 6.45) is 6.74. The number of nitrogens with one attached hydrogen (secondary N) is 1. The van der Waals surface area contributed by atoms with Crippen molar-refractivity contribution < 1.29 is 0 Å². The summed E-state index contributed by atoms with van der Waals surface area (Å²) in [4.78, 5) is 0. The molecule has 1 heterocycles. The van der Waals surface area contributed by atoms with Gasteiger partial charge >= 0.3 is 0 Å². The van der Waals surface area contributed by atoms with E-state index in [1.165, 1.54) is 0 Å². The molecule has 0 saturated heterocycles. The van der Waals surface area contributed by atoms with E-state index in [-0.39, 0.29) is 0 Å². The Morgan fingerprint density at radius 3 is 3.22 bits per heavy atom. The Balaban J connectivity index is 2.77. The first-order chi connectivity index (χ1) is 4.43. The van der Waals surface area contributed by atoms with E-state index in [0.717, 1.165) is 0 Å². The Morgan fingerprint density at radius 1 is 1.56 bits per heavy atom. The topological polar surface area (TPSA) is 48.2 Å². The van der Waals surface area contributed by atoms with Crippen molar-refractivity contribution in [2.75, 3.05) is 0 Å². The van der Waals surface area contributed by atoms with E-state index in [1.54, 1.807) is 24.4 Å². The zero-order valence-corrected chi connectivity index (χ0v) is 4.70. The molecule has 1 aliphatic rings. The highest BCUT2D eigenvalue weighted by Gasteiger charge is 1.88. The van der Waals surface area contributed by atoms with Gasteiger partial charge in [-0.15, -0.1) is 0 Å². The third kappa shape index (κ3) is 1.42. The third-order valence-electron chi connectivity index (χ3n) is 0.840. The molecule has 0 radical (unpaired) electrons. The largest absolute Gasteiger partial charge is 0.268 e. The van der Waals surface area contributed by atoms with Crippen LogP contribution in [0.3, 0.4) is 0 Å². The molecule has 44 valence electrons. The number of hydrogen-bond acceptors (Lipinski definition) is 3. The number of hydrazone groups is 1. The Morgan fingerprint density at radius 2 is 2.44 bits per heavy atom. The predicted octanol–water partition coefficient (Wildman–Crippen LogP) is 0.539. The molecular weight excluding hydrogens is 114 g/mol. The minimum absolute atomic E-state index is 0.458. The molecule has 0 atom stereocenters. The molecule has 1 aliphatic heterocycles. The lowest BCUT2D eigenvalue weighted by molar-refractivity contribution is 0.932. The molecule has 3 heteroatoms. The average molecular weight is 119 g/mol. The van der Waals surface area contributed by atoms with Crippen molar-refractivity contribution in [1.82, 2.24) is 5.43 Å². The van der Waals surface area contributed by atoms with E-state index in [4.69, 9.17) is 5.26 Å². The lowest BCUT2D eigenvalue weighted by Crippen LogP contribution is -2.00. The molecule has 0 aromatic heterocycles. The Labute approximate surface area is 53.0 Å². The summed E-state index contributed by atoms with van der Waals surface area (Å²) in [5.41, 5.74) is 3.00. The third-order valence-corrected chi connectivity index (χ3v) is 0.840. The van der Waals surface area contributed by atoms with Gasteiger partial charge in [0.15, 0.2) is 0 Å². The molecule has 9 heavy (non-hydrogen) atoms. The van der Waals surface area contributed by atoms with Gasteiger partial charge in [-0.3, -0.25) is 5.43 Å². The van der Waals surface area contributed by atoms with Gasteiger partial charge in [0.05, 0.1) is 0 Å². The van der Waals surface area contributed by atoms with Crippen molar-refractivity contribution >= 4 is 6.21 Å². The zero-order valence-electron chi connectivity index (χ0n) is 4.70. The minimum Gasteiger partial charge on any atom is -0.268 e. The maximum Gasteiger partial charge on any atom is 0.133 e. The SMILES string of the molecule is N#CC1=CC=CC=NN1. The molecule has 0 bridgehead atoms. The van der Waals surface area contributed by atoms with Crippen molar-refractivity contribution in [3.05, 3.63) is 23.9 Å². The fourth-order valence-electron chi connectivity index (χ4n) is 0.451. The molecule has 0 aliphatic carbocycles. The van der Waals surface area contributed by atoms with Gasteiger partial charge in [-0.2, -0.15) is 10.4 Å². The van der Waals surface area contributed by atoms with Crippen LogP contribution < -0.4 is 5.43 Å². The van der Waals surface area contributed by atoms with Gasteiger partial charge in [0, 0.05) is 6.21 Å². The summed E-state index contributed by atoms with van der Waals surface area (Å²) in [5.74, 6) is 0. The lowest BCUT2D eigenvalue weighted by atomic mass is 10.4. The van der Waals surface area contributed by atoms with E-state index < -0.39 is 0 Å². The second kappa shape index (κ2) is 2.68. The Kier molecular flexibility index (Phi) is 1.66. The van der Waals surface area contributed by atoms with Crippen LogP contribution in [-0.4, -0.2) is 6.21 Å². The number of allylic oxidation sites excluding steroid dienone is 4. The molecule has 0 spiro atoms. The molecule has 1 rings (SSSR count). The summed E-state index contributed by atoms with van der Waals surface area (Å²) < 4.78 is 0. The van der Waals surface area contributed by atoms with E-state index in [0.29, 0.717) is 5.70 Å². The van der Waals surface area contributed by atoms with E-state index in [9.17, 15) is 0 Å². The van der Waals surface area contributed by atoms with Crippen LogP contribution in [0, 0.1) is 11.3 Å². The monoisotopic (exact) mass is 119 g/mol. The van der Waals surface area contributed by atoms with Crippen molar-refractivity contribution in [3.63, 3.8) is 0 Å². The summed E-state index contributed by atoms with van der Waals surface area (Å²) in [6.45, 7) is 0. The van der Waals surface area contributed by atoms with Gasteiger partial charge in [0.25, 0.3) is 0 Å². The first kappa shape index (κ1) is 5.57. The van der Waals surface area contributed by atoms with Gasteiger partial charge in [0.2, 0.25) is 0 Å². The number of nitrogens with zero attached hydrogens (tertiary/aromatic N) is 2. The molecule has 1 N–H and O–H groups in total. The normalized spacial score (nSPS) is 15.2. The number of hydrogen-bond donors (Lipinski definition) is 1. The van der Waals surface area contributed by atoms with Crippen LogP contribution in [0.25, 0.3) is 0 Å². The highest BCUT2D eigenvalue weighted by molar-refractivity contribution is 5.72. The Hall–Kier alpha value is -1.56. The van der Waals surface area contributed by atoms with Gasteiger partial charge in [-0.05, 0) is 12.2 Å². The van der Waals surface area contributed by atoms with Gasteiger partial charge in [-0.1, -0.05) is 6.08 Å². The quantitative estimate of drug-likeness (QED) is 0.506. The van der Waals surface area contributed by atoms with Crippen LogP contribution in [0.5, 0.6) is 0 Å². The molecule has 0 aromatic rings.